The lowest BCUT2D eigenvalue weighted by Crippen LogP contribution is -2.22. The van der Waals surface area contributed by atoms with E-state index in [0.29, 0.717) is 5.56 Å². The van der Waals surface area contributed by atoms with E-state index in [1.807, 2.05) is 19.9 Å². The first kappa shape index (κ1) is 12.2. The summed E-state index contributed by atoms with van der Waals surface area (Å²) in [5.41, 5.74) is 1.24. The number of nitrogens with zero attached hydrogens (tertiary/aromatic N) is 3. The van der Waals surface area contributed by atoms with E-state index in [4.69, 9.17) is 5.26 Å². The molecule has 16 heavy (non-hydrogen) atoms. The molecule has 0 fully saturated rings. The fourth-order valence-electron chi connectivity index (χ4n) is 1.36. The predicted octanol–water partition coefficient (Wildman–Crippen LogP) is 1.83. The van der Waals surface area contributed by atoms with Crippen LogP contribution in [0.4, 0.5) is 0 Å². The Balaban J connectivity index is 3.42. The molecule has 0 spiro atoms. The van der Waals surface area contributed by atoms with Gasteiger partial charge in [0, 0.05) is 11.9 Å². The van der Waals surface area contributed by atoms with Crippen LogP contribution in [0.1, 0.15) is 30.7 Å². The lowest BCUT2D eigenvalue weighted by atomic mass is 10.1. The van der Waals surface area contributed by atoms with Crippen LogP contribution in [0.5, 0.6) is 0 Å². The summed E-state index contributed by atoms with van der Waals surface area (Å²) in [6, 6.07) is 3.70. The van der Waals surface area contributed by atoms with E-state index in [9.17, 15) is 4.79 Å². The number of rotatable bonds is 2. The molecule has 0 bridgehead atoms. The van der Waals surface area contributed by atoms with Crippen molar-refractivity contribution in [3.8, 4) is 6.07 Å². The maximum atomic E-state index is 11.9. The van der Waals surface area contributed by atoms with E-state index in [1.165, 1.54) is 4.68 Å². The number of nitriles is 1. The molecule has 0 amide bonds. The zero-order chi connectivity index (χ0) is 12.3. The summed E-state index contributed by atoms with van der Waals surface area (Å²) in [5, 5.41) is 13.0. The molecule has 0 saturated heterocycles. The van der Waals surface area contributed by atoms with Crippen LogP contribution in [0, 0.1) is 31.1 Å². The average Bonchev–Trinajstić information content (AvgIpc) is 2.16. The molecule has 0 aliphatic rings. The zero-order valence-electron chi connectivity index (χ0n) is 9.98. The summed E-state index contributed by atoms with van der Waals surface area (Å²) in [7, 11) is 0. The number of hydrogen-bond acceptors (Lipinski definition) is 3. The van der Waals surface area contributed by atoms with Crippen molar-refractivity contribution in [3.63, 3.8) is 0 Å². The van der Waals surface area contributed by atoms with Crippen LogP contribution in [0.25, 0.3) is 0 Å². The van der Waals surface area contributed by atoms with Gasteiger partial charge in [-0.15, -0.1) is 0 Å². The van der Waals surface area contributed by atoms with Gasteiger partial charge in [-0.05, 0) is 31.4 Å². The summed E-state index contributed by atoms with van der Waals surface area (Å²) in [5.74, 6) is 0.262. The van der Waals surface area contributed by atoms with Gasteiger partial charge >= 0.3 is 0 Å². The second kappa shape index (κ2) is 4.75. The monoisotopic (exact) mass is 217 g/mol. The van der Waals surface area contributed by atoms with E-state index < -0.39 is 0 Å². The maximum Gasteiger partial charge on any atom is 0.289 e. The molecule has 0 aliphatic carbocycles. The molecule has 1 aromatic heterocycles. The van der Waals surface area contributed by atoms with Gasteiger partial charge in [-0.25, -0.2) is 4.68 Å². The first-order chi connectivity index (χ1) is 7.47. The van der Waals surface area contributed by atoms with Gasteiger partial charge in [-0.2, -0.15) is 10.4 Å². The Bertz CT molecular complexity index is 518. The molecule has 0 aliphatic heterocycles. The first-order valence-corrected chi connectivity index (χ1v) is 5.15. The van der Waals surface area contributed by atoms with E-state index in [0.717, 1.165) is 5.69 Å². The van der Waals surface area contributed by atoms with Gasteiger partial charge in [0.1, 0.15) is 11.6 Å². The molecule has 4 nitrogen and oxygen atoms in total. The van der Waals surface area contributed by atoms with Crippen LogP contribution in [-0.4, -0.2) is 10.9 Å². The lowest BCUT2D eigenvalue weighted by molar-refractivity contribution is 0.768. The smallest absolute Gasteiger partial charge is 0.266 e. The molecule has 1 rings (SSSR count). The first-order valence-electron chi connectivity index (χ1n) is 5.15. The van der Waals surface area contributed by atoms with Crippen molar-refractivity contribution in [1.82, 2.24) is 4.68 Å². The number of pyridine rings is 1. The highest BCUT2D eigenvalue weighted by Gasteiger charge is 2.08. The second-order valence-electron chi connectivity index (χ2n) is 4.08. The highest BCUT2D eigenvalue weighted by Crippen LogP contribution is 2.05. The molecule has 0 saturated carbocycles. The van der Waals surface area contributed by atoms with Crippen LogP contribution in [0.3, 0.4) is 0 Å². The van der Waals surface area contributed by atoms with Gasteiger partial charge in [-0.3, -0.25) is 4.79 Å². The average molecular weight is 217 g/mol. The summed E-state index contributed by atoms with van der Waals surface area (Å²) in [6.07, 6.45) is 1.69. The van der Waals surface area contributed by atoms with Gasteiger partial charge in [0.15, 0.2) is 0 Å². The summed E-state index contributed by atoms with van der Waals surface area (Å²) in [6.45, 7) is 7.50. The molecule has 0 unspecified atom stereocenters. The molecule has 0 atom stereocenters. The van der Waals surface area contributed by atoms with E-state index >= 15 is 0 Å². The minimum atomic E-state index is -0.350. The summed E-state index contributed by atoms with van der Waals surface area (Å²) in [4.78, 5) is 11.9. The van der Waals surface area contributed by atoms with Crippen molar-refractivity contribution < 1.29 is 0 Å². The predicted molar refractivity (Wildman–Crippen MR) is 63.6 cm³/mol. The third kappa shape index (κ3) is 2.37. The molecular weight excluding hydrogens is 202 g/mol. The Labute approximate surface area is 94.8 Å². The fourth-order valence-corrected chi connectivity index (χ4v) is 1.36. The molecule has 0 aromatic carbocycles. The second-order valence-corrected chi connectivity index (χ2v) is 4.08. The highest BCUT2D eigenvalue weighted by molar-refractivity contribution is 5.59. The van der Waals surface area contributed by atoms with Gasteiger partial charge in [-0.1, -0.05) is 13.8 Å². The molecule has 0 radical (unpaired) electrons. The Morgan fingerprint density at radius 2 is 2.12 bits per heavy atom. The molecule has 1 heterocycles. The van der Waals surface area contributed by atoms with E-state index in [2.05, 4.69) is 5.10 Å². The summed E-state index contributed by atoms with van der Waals surface area (Å²) < 4.78 is 1.27. The van der Waals surface area contributed by atoms with Gasteiger partial charge in [0.2, 0.25) is 0 Å². The topological polar surface area (TPSA) is 58.1 Å². The van der Waals surface area contributed by atoms with Gasteiger partial charge in [0.05, 0.1) is 0 Å². The number of aryl methyl sites for hydroxylation is 2. The van der Waals surface area contributed by atoms with Crippen molar-refractivity contribution in [2.45, 2.75) is 27.7 Å². The van der Waals surface area contributed by atoms with Gasteiger partial charge < -0.3 is 0 Å². The third-order valence-electron chi connectivity index (χ3n) is 2.15. The molecular formula is C12H15N3O. The quantitative estimate of drug-likeness (QED) is 0.709. The SMILES string of the molecule is Cc1cc(C)n(N=CC(C)C)c(=O)c1C#N. The third-order valence-corrected chi connectivity index (χ3v) is 2.15. The Kier molecular flexibility index (Phi) is 3.62. The van der Waals surface area contributed by atoms with Crippen molar-refractivity contribution in [2.24, 2.45) is 11.0 Å². The Morgan fingerprint density at radius 3 is 2.62 bits per heavy atom. The van der Waals surface area contributed by atoms with Gasteiger partial charge in [0.25, 0.3) is 5.56 Å². The van der Waals surface area contributed by atoms with Crippen molar-refractivity contribution >= 4 is 6.21 Å². The lowest BCUT2D eigenvalue weighted by Gasteiger charge is -2.06. The summed E-state index contributed by atoms with van der Waals surface area (Å²) >= 11 is 0. The van der Waals surface area contributed by atoms with Crippen molar-refractivity contribution in [3.05, 3.63) is 33.2 Å². The fraction of sp³-hybridized carbons (Fsp3) is 0.417. The minimum absolute atomic E-state index is 0.159. The van der Waals surface area contributed by atoms with Crippen LogP contribution >= 0.6 is 0 Å². The zero-order valence-corrected chi connectivity index (χ0v) is 9.98. The molecule has 0 N–H and O–H groups in total. The maximum absolute atomic E-state index is 11.9. The van der Waals surface area contributed by atoms with Crippen molar-refractivity contribution in [2.75, 3.05) is 0 Å². The van der Waals surface area contributed by atoms with Crippen LogP contribution in [-0.2, 0) is 0 Å². The van der Waals surface area contributed by atoms with E-state index in [1.54, 1.807) is 26.1 Å². The highest BCUT2D eigenvalue weighted by atomic mass is 16.1. The van der Waals surface area contributed by atoms with Crippen LogP contribution < -0.4 is 5.56 Å². The van der Waals surface area contributed by atoms with E-state index in [-0.39, 0.29) is 17.0 Å². The largest absolute Gasteiger partial charge is 0.289 e. The normalized spacial score (nSPS) is 11.0. The minimum Gasteiger partial charge on any atom is -0.266 e. The number of hydrogen-bond donors (Lipinski definition) is 0. The Hall–Kier alpha value is -1.89. The Morgan fingerprint density at radius 1 is 1.50 bits per heavy atom. The standard InChI is InChI=1S/C12H15N3O/c1-8(2)7-14-15-10(4)5-9(3)11(6-13)12(15)16/h5,7-8H,1-4H3. The molecule has 4 heteroatoms. The van der Waals surface area contributed by atoms with Crippen LogP contribution in [0.15, 0.2) is 16.0 Å². The van der Waals surface area contributed by atoms with Crippen LogP contribution in [0.2, 0.25) is 0 Å². The molecule has 1 aromatic rings. The van der Waals surface area contributed by atoms with Crippen molar-refractivity contribution in [1.29, 1.82) is 5.26 Å². The number of aromatic nitrogens is 1. The molecule has 84 valence electrons.